The lowest BCUT2D eigenvalue weighted by Gasteiger charge is -2.26. The van der Waals surface area contributed by atoms with E-state index in [4.69, 9.17) is 0 Å². The molecule has 2 aliphatic carbocycles. The molecule has 0 aliphatic heterocycles. The van der Waals surface area contributed by atoms with Gasteiger partial charge < -0.3 is 10.6 Å². The molecule has 0 aromatic heterocycles. The number of para-hydroxylation sites is 2. The molecule has 0 unspecified atom stereocenters. The first-order valence-electron chi connectivity index (χ1n) is 8.04. The van der Waals surface area contributed by atoms with Crippen molar-refractivity contribution in [2.24, 2.45) is 0 Å². The van der Waals surface area contributed by atoms with Crippen molar-refractivity contribution >= 4 is 11.4 Å². The predicted molar refractivity (Wildman–Crippen MR) is 82.8 cm³/mol. The second-order valence-corrected chi connectivity index (χ2v) is 6.15. The Labute approximate surface area is 117 Å². The first kappa shape index (κ1) is 12.8. The Morgan fingerprint density at radius 1 is 0.632 bits per heavy atom. The molecule has 1 aromatic carbocycles. The Morgan fingerprint density at radius 2 is 1.05 bits per heavy atom. The number of anilines is 2. The minimum atomic E-state index is 0.681. The minimum absolute atomic E-state index is 0.681. The van der Waals surface area contributed by atoms with E-state index in [1.165, 1.54) is 69.2 Å². The molecule has 19 heavy (non-hydrogen) atoms. The predicted octanol–water partition coefficient (Wildman–Crippen LogP) is 4.79. The summed E-state index contributed by atoms with van der Waals surface area (Å²) in [7, 11) is 0. The van der Waals surface area contributed by atoms with Crippen LogP contribution in [0.15, 0.2) is 24.3 Å². The molecule has 0 heterocycles. The van der Waals surface area contributed by atoms with Crippen LogP contribution >= 0.6 is 0 Å². The Hall–Kier alpha value is -1.18. The molecule has 2 nitrogen and oxygen atoms in total. The molecule has 0 saturated heterocycles. The maximum Gasteiger partial charge on any atom is 0.0578 e. The lowest BCUT2D eigenvalue weighted by atomic mass is 9.95. The van der Waals surface area contributed by atoms with Crippen molar-refractivity contribution in [1.82, 2.24) is 0 Å². The summed E-state index contributed by atoms with van der Waals surface area (Å²) >= 11 is 0. The van der Waals surface area contributed by atoms with Crippen molar-refractivity contribution < 1.29 is 0 Å². The molecular formula is C17H26N2. The summed E-state index contributed by atoms with van der Waals surface area (Å²) in [5.74, 6) is 0. The minimum Gasteiger partial charge on any atom is -0.381 e. The molecule has 104 valence electrons. The molecule has 2 N–H and O–H groups in total. The van der Waals surface area contributed by atoms with Gasteiger partial charge in [-0.15, -0.1) is 0 Å². The average Bonchev–Trinajstić information content (AvgIpc) is 2.95. The first-order chi connectivity index (χ1) is 9.42. The van der Waals surface area contributed by atoms with Crippen LogP contribution in [0, 0.1) is 0 Å². The van der Waals surface area contributed by atoms with E-state index < -0.39 is 0 Å². The van der Waals surface area contributed by atoms with E-state index in [0.29, 0.717) is 12.1 Å². The van der Waals surface area contributed by atoms with Gasteiger partial charge in [0.15, 0.2) is 0 Å². The van der Waals surface area contributed by atoms with Crippen LogP contribution in [0.2, 0.25) is 0 Å². The maximum atomic E-state index is 3.76. The van der Waals surface area contributed by atoms with Gasteiger partial charge >= 0.3 is 0 Å². The highest BCUT2D eigenvalue weighted by atomic mass is 15.0. The van der Waals surface area contributed by atoms with Crippen LogP contribution in [0.3, 0.4) is 0 Å². The van der Waals surface area contributed by atoms with Gasteiger partial charge in [0.05, 0.1) is 11.4 Å². The number of benzene rings is 1. The molecule has 2 aliphatic rings. The molecule has 0 amide bonds. The maximum absolute atomic E-state index is 3.76. The number of nitrogens with one attached hydrogen (secondary N) is 2. The van der Waals surface area contributed by atoms with E-state index >= 15 is 0 Å². The van der Waals surface area contributed by atoms with Crippen LogP contribution in [0.25, 0.3) is 0 Å². The molecule has 1 aromatic rings. The zero-order chi connectivity index (χ0) is 12.9. The van der Waals surface area contributed by atoms with Crippen molar-refractivity contribution in [1.29, 1.82) is 0 Å². The van der Waals surface area contributed by atoms with E-state index in [0.717, 1.165) is 0 Å². The third-order valence-corrected chi connectivity index (χ3v) is 4.61. The Morgan fingerprint density at radius 3 is 1.53 bits per heavy atom. The normalized spacial score (nSPS) is 21.5. The molecule has 0 atom stereocenters. The number of hydrogen-bond acceptors (Lipinski definition) is 2. The van der Waals surface area contributed by atoms with Gasteiger partial charge in [0, 0.05) is 12.1 Å². The van der Waals surface area contributed by atoms with Crippen LogP contribution in [-0.4, -0.2) is 12.1 Å². The Kier molecular flexibility index (Phi) is 4.27. The lowest BCUT2D eigenvalue weighted by Crippen LogP contribution is -2.23. The molecule has 0 radical (unpaired) electrons. The van der Waals surface area contributed by atoms with Gasteiger partial charge in [-0.2, -0.15) is 0 Å². The standard InChI is InChI=1S/C17H26N2/c1-2-8-14(9-3-1)18-16-12-6-7-13-17(16)19-15-10-4-5-11-15/h6-7,12-15,18-19H,1-5,8-11H2. The summed E-state index contributed by atoms with van der Waals surface area (Å²) in [5, 5.41) is 7.50. The highest BCUT2D eigenvalue weighted by Crippen LogP contribution is 2.29. The van der Waals surface area contributed by atoms with Crippen molar-refractivity contribution in [2.75, 3.05) is 10.6 Å². The Balaban J connectivity index is 1.65. The van der Waals surface area contributed by atoms with Crippen molar-refractivity contribution in [3.63, 3.8) is 0 Å². The van der Waals surface area contributed by atoms with E-state index in [1.54, 1.807) is 0 Å². The second kappa shape index (κ2) is 6.31. The quantitative estimate of drug-likeness (QED) is 0.811. The molecule has 0 bridgehead atoms. The van der Waals surface area contributed by atoms with E-state index in [1.807, 2.05) is 0 Å². The van der Waals surface area contributed by atoms with Gasteiger partial charge in [-0.1, -0.05) is 44.2 Å². The topological polar surface area (TPSA) is 24.1 Å². The molecule has 3 rings (SSSR count). The van der Waals surface area contributed by atoms with Gasteiger partial charge in [-0.3, -0.25) is 0 Å². The van der Waals surface area contributed by atoms with Crippen LogP contribution < -0.4 is 10.6 Å². The van der Waals surface area contributed by atoms with E-state index in [-0.39, 0.29) is 0 Å². The molecule has 2 heteroatoms. The molecular weight excluding hydrogens is 232 g/mol. The molecule has 2 fully saturated rings. The van der Waals surface area contributed by atoms with Crippen molar-refractivity contribution in [3.05, 3.63) is 24.3 Å². The fourth-order valence-corrected chi connectivity index (χ4v) is 3.49. The first-order valence-corrected chi connectivity index (χ1v) is 8.04. The second-order valence-electron chi connectivity index (χ2n) is 6.15. The summed E-state index contributed by atoms with van der Waals surface area (Å²) in [4.78, 5) is 0. The summed E-state index contributed by atoms with van der Waals surface area (Å²) in [6, 6.07) is 10.1. The van der Waals surface area contributed by atoms with Crippen molar-refractivity contribution in [2.45, 2.75) is 69.9 Å². The van der Waals surface area contributed by atoms with Crippen molar-refractivity contribution in [3.8, 4) is 0 Å². The van der Waals surface area contributed by atoms with E-state index in [2.05, 4.69) is 34.9 Å². The Bertz CT molecular complexity index is 390. The zero-order valence-corrected chi connectivity index (χ0v) is 11.8. The number of hydrogen-bond donors (Lipinski definition) is 2. The fourth-order valence-electron chi connectivity index (χ4n) is 3.49. The number of rotatable bonds is 4. The smallest absolute Gasteiger partial charge is 0.0578 e. The molecule has 2 saturated carbocycles. The van der Waals surface area contributed by atoms with Gasteiger partial charge in [0.25, 0.3) is 0 Å². The average molecular weight is 258 g/mol. The third kappa shape index (κ3) is 3.43. The highest BCUT2D eigenvalue weighted by Gasteiger charge is 2.17. The summed E-state index contributed by atoms with van der Waals surface area (Å²) < 4.78 is 0. The van der Waals surface area contributed by atoms with Crippen LogP contribution in [0.5, 0.6) is 0 Å². The third-order valence-electron chi connectivity index (χ3n) is 4.61. The SMILES string of the molecule is c1ccc(NC2CCCC2)c(NC2CCCCC2)c1. The largest absolute Gasteiger partial charge is 0.381 e. The zero-order valence-electron chi connectivity index (χ0n) is 11.8. The van der Waals surface area contributed by atoms with Gasteiger partial charge in [0.1, 0.15) is 0 Å². The highest BCUT2D eigenvalue weighted by molar-refractivity contribution is 5.69. The van der Waals surface area contributed by atoms with Crippen LogP contribution in [0.4, 0.5) is 11.4 Å². The van der Waals surface area contributed by atoms with Gasteiger partial charge in [-0.05, 0) is 37.8 Å². The monoisotopic (exact) mass is 258 g/mol. The van der Waals surface area contributed by atoms with E-state index in [9.17, 15) is 0 Å². The molecule has 0 spiro atoms. The fraction of sp³-hybridized carbons (Fsp3) is 0.647. The lowest BCUT2D eigenvalue weighted by molar-refractivity contribution is 0.463. The van der Waals surface area contributed by atoms with Crippen LogP contribution in [-0.2, 0) is 0 Å². The van der Waals surface area contributed by atoms with Gasteiger partial charge in [0.2, 0.25) is 0 Å². The summed E-state index contributed by atoms with van der Waals surface area (Å²) in [5.41, 5.74) is 2.61. The van der Waals surface area contributed by atoms with Gasteiger partial charge in [-0.25, -0.2) is 0 Å². The van der Waals surface area contributed by atoms with Crippen LogP contribution in [0.1, 0.15) is 57.8 Å². The summed E-state index contributed by atoms with van der Waals surface area (Å²) in [6.07, 6.45) is 12.3. The summed E-state index contributed by atoms with van der Waals surface area (Å²) in [6.45, 7) is 0.